The van der Waals surface area contributed by atoms with Crippen LogP contribution >= 0.6 is 0 Å². The summed E-state index contributed by atoms with van der Waals surface area (Å²) in [5.41, 5.74) is 8.68. The van der Waals surface area contributed by atoms with Crippen molar-refractivity contribution in [1.82, 2.24) is 9.97 Å². The second kappa shape index (κ2) is 4.14. The van der Waals surface area contributed by atoms with Crippen LogP contribution in [0.1, 0.15) is 31.9 Å². The van der Waals surface area contributed by atoms with Gasteiger partial charge in [-0.2, -0.15) is 0 Å². The summed E-state index contributed by atoms with van der Waals surface area (Å²) in [5, 5.41) is 0. The summed E-state index contributed by atoms with van der Waals surface area (Å²) in [6, 6.07) is 5.84. The number of aromatic nitrogens is 2. The number of H-pyrrole nitrogens is 2. The number of fused-ring (bicyclic) bond motifs is 1. The zero-order valence-electron chi connectivity index (χ0n) is 9.58. The number of nitrogens with one attached hydrogen (secondary N) is 2. The highest BCUT2D eigenvalue weighted by Gasteiger charge is 2.13. The monoisotopic (exact) mass is 219 g/mol. The van der Waals surface area contributed by atoms with Gasteiger partial charge in [-0.15, -0.1) is 0 Å². The Kier molecular flexibility index (Phi) is 2.83. The fourth-order valence-corrected chi connectivity index (χ4v) is 1.84. The normalized spacial score (nSPS) is 15.2. The van der Waals surface area contributed by atoms with Gasteiger partial charge >= 0.3 is 5.69 Å². The molecule has 0 aliphatic heterocycles. The van der Waals surface area contributed by atoms with Crippen LogP contribution in [0.4, 0.5) is 0 Å². The summed E-state index contributed by atoms with van der Waals surface area (Å²) in [7, 11) is 0. The molecule has 4 N–H and O–H groups in total. The lowest BCUT2D eigenvalue weighted by atomic mass is 9.93. The fraction of sp³-hybridized carbons (Fsp3) is 0.417. The van der Waals surface area contributed by atoms with Gasteiger partial charge in [-0.1, -0.05) is 26.3 Å². The van der Waals surface area contributed by atoms with Gasteiger partial charge in [-0.3, -0.25) is 0 Å². The number of hydrogen-bond acceptors (Lipinski definition) is 2. The molecule has 1 aromatic heterocycles. The molecule has 2 atom stereocenters. The summed E-state index contributed by atoms with van der Waals surface area (Å²) in [4.78, 5) is 16.6. The van der Waals surface area contributed by atoms with Gasteiger partial charge in [0, 0.05) is 6.04 Å². The van der Waals surface area contributed by atoms with Crippen molar-refractivity contribution in [3.05, 3.63) is 34.2 Å². The standard InChI is InChI=1S/C12H17N3O/c1-3-7(2)11(13)8-4-5-9-10(6-8)15-12(16)14-9/h4-7,11H,3,13H2,1-2H3,(H2,14,15,16). The summed E-state index contributed by atoms with van der Waals surface area (Å²) in [6.45, 7) is 4.26. The summed E-state index contributed by atoms with van der Waals surface area (Å²) < 4.78 is 0. The molecule has 16 heavy (non-hydrogen) atoms. The van der Waals surface area contributed by atoms with Gasteiger partial charge in [0.05, 0.1) is 11.0 Å². The van der Waals surface area contributed by atoms with Gasteiger partial charge in [-0.05, 0) is 23.6 Å². The molecule has 4 heteroatoms. The number of hydrogen-bond donors (Lipinski definition) is 3. The van der Waals surface area contributed by atoms with Crippen LogP contribution in [0.15, 0.2) is 23.0 Å². The molecule has 0 bridgehead atoms. The third-order valence-corrected chi connectivity index (χ3v) is 3.18. The molecule has 0 fully saturated rings. The first-order valence-corrected chi connectivity index (χ1v) is 5.59. The lowest BCUT2D eigenvalue weighted by molar-refractivity contribution is 0.457. The molecule has 2 rings (SSSR count). The van der Waals surface area contributed by atoms with Crippen molar-refractivity contribution in [1.29, 1.82) is 0 Å². The second-order valence-corrected chi connectivity index (χ2v) is 4.30. The van der Waals surface area contributed by atoms with Crippen LogP contribution < -0.4 is 11.4 Å². The lowest BCUT2D eigenvalue weighted by Crippen LogP contribution is -2.18. The Morgan fingerprint density at radius 2 is 2.00 bits per heavy atom. The largest absolute Gasteiger partial charge is 0.324 e. The topological polar surface area (TPSA) is 74.7 Å². The van der Waals surface area contributed by atoms with Gasteiger partial charge in [-0.25, -0.2) is 4.79 Å². The summed E-state index contributed by atoms with van der Waals surface area (Å²) >= 11 is 0. The molecule has 0 aliphatic carbocycles. The fourth-order valence-electron chi connectivity index (χ4n) is 1.84. The van der Waals surface area contributed by atoms with Crippen molar-refractivity contribution in [3.63, 3.8) is 0 Å². The first-order valence-electron chi connectivity index (χ1n) is 5.59. The minimum Gasteiger partial charge on any atom is -0.324 e. The maximum Gasteiger partial charge on any atom is 0.323 e. The van der Waals surface area contributed by atoms with Crippen LogP contribution in [0.5, 0.6) is 0 Å². The highest BCUT2D eigenvalue weighted by atomic mass is 16.1. The molecule has 4 nitrogen and oxygen atoms in total. The van der Waals surface area contributed by atoms with E-state index < -0.39 is 0 Å². The van der Waals surface area contributed by atoms with Crippen LogP contribution in [0.2, 0.25) is 0 Å². The average Bonchev–Trinajstić information content (AvgIpc) is 2.65. The molecule has 86 valence electrons. The van der Waals surface area contributed by atoms with E-state index in [1.807, 2.05) is 18.2 Å². The van der Waals surface area contributed by atoms with Crippen molar-refractivity contribution in [3.8, 4) is 0 Å². The Hall–Kier alpha value is -1.55. The van der Waals surface area contributed by atoms with E-state index in [4.69, 9.17) is 5.73 Å². The molecule has 0 radical (unpaired) electrons. The van der Waals surface area contributed by atoms with E-state index in [0.717, 1.165) is 23.0 Å². The van der Waals surface area contributed by atoms with Gasteiger partial charge in [0.2, 0.25) is 0 Å². The lowest BCUT2D eigenvalue weighted by Gasteiger charge is -2.18. The molecule has 0 saturated heterocycles. The molecule has 2 unspecified atom stereocenters. The summed E-state index contributed by atoms with van der Waals surface area (Å²) in [5.74, 6) is 0.433. The van der Waals surface area contributed by atoms with E-state index in [9.17, 15) is 4.79 Å². The molecule has 0 amide bonds. The predicted octanol–water partition coefficient (Wildman–Crippen LogP) is 1.90. The maximum atomic E-state index is 11.1. The van der Waals surface area contributed by atoms with E-state index >= 15 is 0 Å². The van der Waals surface area contributed by atoms with Gasteiger partial charge < -0.3 is 15.7 Å². The quantitative estimate of drug-likeness (QED) is 0.737. The molecule has 0 aliphatic rings. The zero-order valence-corrected chi connectivity index (χ0v) is 9.58. The third-order valence-electron chi connectivity index (χ3n) is 3.18. The maximum absolute atomic E-state index is 11.1. The van der Waals surface area contributed by atoms with Crippen LogP contribution in [-0.4, -0.2) is 9.97 Å². The van der Waals surface area contributed by atoms with Crippen LogP contribution in [-0.2, 0) is 0 Å². The Morgan fingerprint density at radius 3 is 2.69 bits per heavy atom. The number of benzene rings is 1. The van der Waals surface area contributed by atoms with Gasteiger partial charge in [0.25, 0.3) is 0 Å². The second-order valence-electron chi connectivity index (χ2n) is 4.30. The Morgan fingerprint density at radius 1 is 1.31 bits per heavy atom. The van der Waals surface area contributed by atoms with Crippen molar-refractivity contribution in [2.75, 3.05) is 0 Å². The van der Waals surface area contributed by atoms with Crippen molar-refractivity contribution in [2.24, 2.45) is 11.7 Å². The van der Waals surface area contributed by atoms with Crippen LogP contribution in [0.25, 0.3) is 11.0 Å². The van der Waals surface area contributed by atoms with E-state index in [0.29, 0.717) is 5.92 Å². The Balaban J connectivity index is 2.42. The first kappa shape index (κ1) is 11.0. The highest BCUT2D eigenvalue weighted by Crippen LogP contribution is 2.23. The molecule has 1 aromatic carbocycles. The average molecular weight is 219 g/mol. The Labute approximate surface area is 93.9 Å². The van der Waals surface area contributed by atoms with Crippen molar-refractivity contribution < 1.29 is 0 Å². The van der Waals surface area contributed by atoms with Crippen molar-refractivity contribution >= 4 is 11.0 Å². The van der Waals surface area contributed by atoms with Crippen molar-refractivity contribution in [2.45, 2.75) is 26.3 Å². The SMILES string of the molecule is CCC(C)C(N)c1ccc2[nH]c(=O)[nH]c2c1. The predicted molar refractivity (Wildman–Crippen MR) is 65.3 cm³/mol. The molecule has 0 saturated carbocycles. The number of aromatic amines is 2. The van der Waals surface area contributed by atoms with E-state index in [-0.39, 0.29) is 11.7 Å². The van der Waals surface area contributed by atoms with E-state index in [1.54, 1.807) is 0 Å². The van der Waals surface area contributed by atoms with E-state index in [1.165, 1.54) is 0 Å². The number of rotatable bonds is 3. The minimum absolute atomic E-state index is 0.0211. The first-order chi connectivity index (χ1) is 7.61. The van der Waals surface area contributed by atoms with Gasteiger partial charge in [0.1, 0.15) is 0 Å². The number of imidazole rings is 1. The zero-order chi connectivity index (χ0) is 11.7. The molecular formula is C12H17N3O. The Bertz CT molecular complexity index is 540. The molecular weight excluding hydrogens is 202 g/mol. The summed E-state index contributed by atoms with van der Waals surface area (Å²) in [6.07, 6.45) is 1.04. The number of nitrogens with two attached hydrogens (primary N) is 1. The van der Waals surface area contributed by atoms with Crippen LogP contribution in [0, 0.1) is 5.92 Å². The highest BCUT2D eigenvalue weighted by molar-refractivity contribution is 5.75. The minimum atomic E-state index is -0.177. The van der Waals surface area contributed by atoms with E-state index in [2.05, 4.69) is 23.8 Å². The molecule has 1 heterocycles. The molecule has 2 aromatic rings. The third kappa shape index (κ3) is 1.88. The van der Waals surface area contributed by atoms with Crippen LogP contribution in [0.3, 0.4) is 0 Å². The van der Waals surface area contributed by atoms with Gasteiger partial charge in [0.15, 0.2) is 0 Å². The molecule has 0 spiro atoms. The smallest absolute Gasteiger partial charge is 0.323 e.